The average Bonchev–Trinajstić information content (AvgIpc) is 3.34. The molecule has 2 aromatic heterocycles. The minimum absolute atomic E-state index is 0.232. The van der Waals surface area contributed by atoms with E-state index in [1.165, 1.54) is 0 Å². The summed E-state index contributed by atoms with van der Waals surface area (Å²) in [5.41, 5.74) is 3.54. The fourth-order valence-corrected chi connectivity index (χ4v) is 3.25. The molecule has 8 heteroatoms. The van der Waals surface area contributed by atoms with Crippen LogP contribution in [0.2, 0.25) is 0 Å². The number of rotatable bonds is 6. The van der Waals surface area contributed by atoms with E-state index in [1.54, 1.807) is 47.8 Å². The van der Waals surface area contributed by atoms with Crippen LogP contribution < -0.4 is 10.6 Å². The van der Waals surface area contributed by atoms with Gasteiger partial charge in [0.05, 0.1) is 17.2 Å². The number of aromatic nitrogens is 2. The van der Waals surface area contributed by atoms with Crippen molar-refractivity contribution in [2.75, 3.05) is 0 Å². The third-order valence-corrected chi connectivity index (χ3v) is 5.01. The Morgan fingerprint density at radius 3 is 1.94 bits per heavy atom. The van der Waals surface area contributed by atoms with Crippen LogP contribution in [0.25, 0.3) is 0 Å². The highest BCUT2D eigenvalue weighted by atomic mass is 16.2. The van der Waals surface area contributed by atoms with E-state index in [0.29, 0.717) is 29.1 Å². The lowest BCUT2D eigenvalue weighted by molar-refractivity contribution is 0.0927. The van der Waals surface area contributed by atoms with Gasteiger partial charge in [0.1, 0.15) is 23.5 Å². The highest BCUT2D eigenvalue weighted by molar-refractivity contribution is 5.93. The van der Waals surface area contributed by atoms with Crippen LogP contribution in [0.15, 0.2) is 48.8 Å². The van der Waals surface area contributed by atoms with Gasteiger partial charge in [0, 0.05) is 33.0 Å². The molecule has 0 saturated carbocycles. The molecule has 0 aliphatic carbocycles. The molecular weight excluding hydrogens is 392 g/mol. The highest BCUT2D eigenvalue weighted by Crippen LogP contribution is 2.15. The van der Waals surface area contributed by atoms with E-state index in [9.17, 15) is 9.59 Å². The Morgan fingerprint density at radius 1 is 0.935 bits per heavy atom. The number of nitrogens with one attached hydrogen (secondary N) is 2. The van der Waals surface area contributed by atoms with E-state index in [4.69, 9.17) is 10.5 Å². The Morgan fingerprint density at radius 2 is 1.45 bits per heavy atom. The van der Waals surface area contributed by atoms with Crippen LogP contribution in [0.4, 0.5) is 0 Å². The molecule has 0 aliphatic rings. The molecule has 2 heterocycles. The van der Waals surface area contributed by atoms with Crippen molar-refractivity contribution in [1.82, 2.24) is 19.8 Å². The molecule has 0 fully saturated rings. The number of benzene rings is 1. The quantitative estimate of drug-likeness (QED) is 0.645. The molecular formula is C23H22N6O2. The van der Waals surface area contributed by atoms with E-state index in [2.05, 4.69) is 10.6 Å². The van der Waals surface area contributed by atoms with Crippen LogP contribution >= 0.6 is 0 Å². The summed E-state index contributed by atoms with van der Waals surface area (Å²) < 4.78 is 3.24. The number of carbonyl (C=O) groups is 2. The normalized spacial score (nSPS) is 11.3. The highest BCUT2D eigenvalue weighted by Gasteiger charge is 2.16. The molecule has 156 valence electrons. The third-order valence-electron chi connectivity index (χ3n) is 5.01. The fourth-order valence-electron chi connectivity index (χ4n) is 3.25. The van der Waals surface area contributed by atoms with Crippen LogP contribution in [0, 0.1) is 22.7 Å². The van der Waals surface area contributed by atoms with Crippen molar-refractivity contribution in [1.29, 1.82) is 10.5 Å². The largest absolute Gasteiger partial charge is 0.347 e. The summed E-state index contributed by atoms with van der Waals surface area (Å²) in [5.74, 6) is -0.514. The second-order valence-electron chi connectivity index (χ2n) is 7.29. The van der Waals surface area contributed by atoms with Crippen molar-refractivity contribution in [3.63, 3.8) is 0 Å². The summed E-state index contributed by atoms with van der Waals surface area (Å²) in [6.07, 6.45) is 3.22. The third kappa shape index (κ3) is 4.82. The second kappa shape index (κ2) is 9.02. The van der Waals surface area contributed by atoms with Gasteiger partial charge in [0.2, 0.25) is 0 Å². The molecule has 1 atom stereocenters. The molecule has 2 N–H and O–H groups in total. The van der Waals surface area contributed by atoms with Gasteiger partial charge in [-0.2, -0.15) is 10.5 Å². The molecule has 0 aliphatic heterocycles. The van der Waals surface area contributed by atoms with Gasteiger partial charge in [0.15, 0.2) is 0 Å². The van der Waals surface area contributed by atoms with Crippen LogP contribution in [0.5, 0.6) is 0 Å². The Labute approximate surface area is 180 Å². The Hall–Kier alpha value is -4.30. The van der Waals surface area contributed by atoms with Crippen LogP contribution in [0.1, 0.15) is 56.2 Å². The molecule has 31 heavy (non-hydrogen) atoms. The maximum Gasteiger partial charge on any atom is 0.268 e. The van der Waals surface area contributed by atoms with Crippen LogP contribution in [-0.2, 0) is 20.6 Å². The van der Waals surface area contributed by atoms with Crippen molar-refractivity contribution in [3.05, 3.63) is 82.4 Å². The first-order valence-electron chi connectivity index (χ1n) is 9.63. The summed E-state index contributed by atoms with van der Waals surface area (Å²) >= 11 is 0. The first kappa shape index (κ1) is 21.4. The predicted molar refractivity (Wildman–Crippen MR) is 114 cm³/mol. The predicted octanol–water partition coefficient (Wildman–Crippen LogP) is 2.53. The summed E-state index contributed by atoms with van der Waals surface area (Å²) in [6, 6.07) is 14.5. The summed E-state index contributed by atoms with van der Waals surface area (Å²) in [5, 5.41) is 23.7. The zero-order chi connectivity index (χ0) is 22.5. The smallest absolute Gasteiger partial charge is 0.268 e. The molecule has 2 amide bonds. The summed E-state index contributed by atoms with van der Waals surface area (Å²) in [4.78, 5) is 24.8. The molecule has 0 spiro atoms. The molecule has 1 unspecified atom stereocenters. The summed E-state index contributed by atoms with van der Waals surface area (Å²) in [7, 11) is 3.44. The Balaban J connectivity index is 1.59. The number of amides is 2. The lowest BCUT2D eigenvalue weighted by Gasteiger charge is -2.15. The molecule has 8 nitrogen and oxygen atoms in total. The van der Waals surface area contributed by atoms with E-state index >= 15 is 0 Å². The maximum absolute atomic E-state index is 12.5. The molecule has 1 aromatic carbocycles. The zero-order valence-electron chi connectivity index (χ0n) is 17.5. The SMILES string of the molecule is CC(NC(=O)c1cc(C#N)cn1C)c1ccc(CNC(=O)c2cc(C#N)cn2C)cc1. The Kier molecular flexibility index (Phi) is 6.23. The van der Waals surface area contributed by atoms with E-state index in [0.717, 1.165) is 11.1 Å². The lowest BCUT2D eigenvalue weighted by Crippen LogP contribution is -2.28. The van der Waals surface area contributed by atoms with Gasteiger partial charge in [-0.15, -0.1) is 0 Å². The van der Waals surface area contributed by atoms with Gasteiger partial charge in [-0.05, 0) is 30.2 Å². The van der Waals surface area contributed by atoms with E-state index in [-0.39, 0.29) is 17.9 Å². The average molecular weight is 414 g/mol. The van der Waals surface area contributed by atoms with Crippen molar-refractivity contribution in [2.45, 2.75) is 19.5 Å². The van der Waals surface area contributed by atoms with Crippen LogP contribution in [-0.4, -0.2) is 20.9 Å². The molecule has 0 radical (unpaired) electrons. The second-order valence-corrected chi connectivity index (χ2v) is 7.29. The minimum atomic E-state index is -0.257. The minimum Gasteiger partial charge on any atom is -0.347 e. The summed E-state index contributed by atoms with van der Waals surface area (Å²) in [6.45, 7) is 2.22. The Bertz CT molecular complexity index is 1200. The molecule has 0 bridgehead atoms. The topological polar surface area (TPSA) is 116 Å². The maximum atomic E-state index is 12.5. The molecule has 3 aromatic rings. The first-order chi connectivity index (χ1) is 14.8. The van der Waals surface area contributed by atoms with Crippen molar-refractivity contribution >= 4 is 11.8 Å². The first-order valence-corrected chi connectivity index (χ1v) is 9.63. The van der Waals surface area contributed by atoms with Crippen molar-refractivity contribution < 1.29 is 9.59 Å². The van der Waals surface area contributed by atoms with E-state index < -0.39 is 0 Å². The van der Waals surface area contributed by atoms with Gasteiger partial charge in [-0.25, -0.2) is 0 Å². The molecule has 0 saturated heterocycles. The van der Waals surface area contributed by atoms with E-state index in [1.807, 2.05) is 43.3 Å². The van der Waals surface area contributed by atoms with Crippen molar-refractivity contribution in [2.24, 2.45) is 14.1 Å². The fraction of sp³-hybridized carbons (Fsp3) is 0.217. The van der Waals surface area contributed by atoms with Gasteiger partial charge in [-0.3, -0.25) is 9.59 Å². The van der Waals surface area contributed by atoms with Gasteiger partial charge < -0.3 is 19.8 Å². The number of nitriles is 2. The molecule has 3 rings (SSSR count). The lowest BCUT2D eigenvalue weighted by atomic mass is 10.1. The van der Waals surface area contributed by atoms with Crippen molar-refractivity contribution in [3.8, 4) is 12.1 Å². The number of aryl methyl sites for hydroxylation is 2. The zero-order valence-corrected chi connectivity index (χ0v) is 17.5. The van der Waals surface area contributed by atoms with Gasteiger partial charge in [0.25, 0.3) is 11.8 Å². The number of nitrogens with zero attached hydrogens (tertiary/aromatic N) is 4. The number of carbonyl (C=O) groups excluding carboxylic acids is 2. The van der Waals surface area contributed by atoms with Gasteiger partial charge >= 0.3 is 0 Å². The van der Waals surface area contributed by atoms with Crippen LogP contribution in [0.3, 0.4) is 0 Å². The standard InChI is InChI=1S/C23H22N6O2/c1-15(27-23(31)21-9-18(11-25)14-29(21)3)19-6-4-16(5-7-19)12-26-22(30)20-8-17(10-24)13-28(20)2/h4-9,13-15H,12H2,1-3H3,(H,26,30)(H,27,31). The monoisotopic (exact) mass is 414 g/mol. The van der Waals surface area contributed by atoms with Gasteiger partial charge in [-0.1, -0.05) is 24.3 Å². The number of hydrogen-bond acceptors (Lipinski definition) is 4. The number of hydrogen-bond donors (Lipinski definition) is 2.